The van der Waals surface area contributed by atoms with Gasteiger partial charge >= 0.3 is 0 Å². The Labute approximate surface area is 344 Å². The first-order valence-electron chi connectivity index (χ1n) is 21.0. The van der Waals surface area contributed by atoms with E-state index in [9.17, 15) is 19.2 Å². The van der Waals surface area contributed by atoms with E-state index < -0.39 is 5.91 Å². The molecule has 1 aliphatic carbocycles. The molecule has 2 aromatic heterocycles. The van der Waals surface area contributed by atoms with Crippen molar-refractivity contribution in [2.24, 2.45) is 0 Å². The molecule has 3 saturated heterocycles. The van der Waals surface area contributed by atoms with Crippen LogP contribution in [0.15, 0.2) is 79.1 Å². The molecule has 1 unspecified atom stereocenters. The molecule has 1 atom stereocenters. The maximum Gasteiger partial charge on any atom is 0.274 e. The molecule has 0 radical (unpaired) electrons. The van der Waals surface area contributed by atoms with Crippen LogP contribution in [-0.4, -0.2) is 93.7 Å². The van der Waals surface area contributed by atoms with Crippen LogP contribution in [0.3, 0.4) is 0 Å². The van der Waals surface area contributed by atoms with E-state index in [0.29, 0.717) is 46.5 Å². The zero-order valence-corrected chi connectivity index (χ0v) is 33.4. The van der Waals surface area contributed by atoms with Crippen LogP contribution in [0, 0.1) is 0 Å². The lowest BCUT2D eigenvalue weighted by molar-refractivity contribution is 0.0824. The summed E-state index contributed by atoms with van der Waals surface area (Å²) >= 11 is 0. The highest BCUT2D eigenvalue weighted by molar-refractivity contribution is 6.06. The van der Waals surface area contributed by atoms with Gasteiger partial charge in [0.05, 0.1) is 33.9 Å². The van der Waals surface area contributed by atoms with Gasteiger partial charge in [-0.2, -0.15) is 0 Å². The van der Waals surface area contributed by atoms with Gasteiger partial charge in [0.1, 0.15) is 11.4 Å². The van der Waals surface area contributed by atoms with E-state index in [1.54, 1.807) is 48.5 Å². The van der Waals surface area contributed by atoms with Gasteiger partial charge in [0, 0.05) is 43.1 Å². The molecule has 14 heteroatoms. The molecule has 4 amide bonds. The molecule has 4 fully saturated rings. The second kappa shape index (κ2) is 17.6. The monoisotopic (exact) mass is 798 g/mol. The first-order chi connectivity index (χ1) is 28.7. The first-order valence-corrected chi connectivity index (χ1v) is 21.0. The SMILES string of the molecule is Nc1ccccc1NC(=O)c1ccc(C(=O)NC2CCCN(C3CCC(c4cccc(NC(=O)c5ccc(C(=O)NCC67CCCN6CCC7)cn5)c4N)CC3)C2)cn1. The van der Waals surface area contributed by atoms with Gasteiger partial charge in [-0.1, -0.05) is 24.3 Å². The highest BCUT2D eigenvalue weighted by atomic mass is 16.2. The number of fused-ring (bicyclic) bond motifs is 1. The Balaban J connectivity index is 0.800. The molecule has 0 spiro atoms. The lowest BCUT2D eigenvalue weighted by atomic mass is 9.80. The van der Waals surface area contributed by atoms with Crippen molar-refractivity contribution < 1.29 is 19.2 Å². The Kier molecular flexibility index (Phi) is 11.9. The number of rotatable bonds is 11. The highest BCUT2D eigenvalue weighted by Gasteiger charge is 2.44. The number of anilines is 4. The number of benzene rings is 2. The number of nitrogens with zero attached hydrogens (tertiary/aromatic N) is 4. The Morgan fingerprint density at radius 2 is 1.32 bits per heavy atom. The maximum absolute atomic E-state index is 13.3. The van der Waals surface area contributed by atoms with Gasteiger partial charge in [-0.25, -0.2) is 0 Å². The average Bonchev–Trinajstić information content (AvgIpc) is 3.86. The second-order valence-electron chi connectivity index (χ2n) is 16.6. The zero-order chi connectivity index (χ0) is 40.9. The van der Waals surface area contributed by atoms with E-state index >= 15 is 0 Å². The molecule has 308 valence electrons. The van der Waals surface area contributed by atoms with E-state index in [1.807, 2.05) is 12.1 Å². The molecule has 8 N–H and O–H groups in total. The summed E-state index contributed by atoms with van der Waals surface area (Å²) in [5.41, 5.74) is 17.1. The quantitative estimate of drug-likeness (QED) is 0.106. The van der Waals surface area contributed by atoms with Crippen molar-refractivity contribution >= 4 is 46.4 Å². The van der Waals surface area contributed by atoms with Gasteiger partial charge in [-0.3, -0.25) is 38.9 Å². The Morgan fingerprint density at radius 1 is 0.678 bits per heavy atom. The molecule has 5 heterocycles. The largest absolute Gasteiger partial charge is 0.397 e. The fourth-order valence-corrected chi connectivity index (χ4v) is 9.69. The number of carbonyl (C=O) groups is 4. The van der Waals surface area contributed by atoms with Crippen LogP contribution in [0.25, 0.3) is 0 Å². The third-order valence-electron chi connectivity index (χ3n) is 12.9. The molecule has 0 bridgehead atoms. The van der Waals surface area contributed by atoms with Gasteiger partial charge < -0.3 is 32.7 Å². The van der Waals surface area contributed by atoms with Crippen molar-refractivity contribution in [3.05, 3.63) is 107 Å². The summed E-state index contributed by atoms with van der Waals surface area (Å²) in [5.74, 6) is -0.899. The first kappa shape index (κ1) is 39.9. The van der Waals surface area contributed by atoms with Crippen molar-refractivity contribution in [1.82, 2.24) is 30.4 Å². The number of aromatic nitrogens is 2. The summed E-state index contributed by atoms with van der Waals surface area (Å²) in [5, 5.41) is 12.0. The topological polar surface area (TPSA) is 201 Å². The molecule has 2 aromatic carbocycles. The van der Waals surface area contributed by atoms with Crippen LogP contribution in [0.5, 0.6) is 0 Å². The fraction of sp³-hybridized carbons (Fsp3) is 0.422. The molecule has 1 saturated carbocycles. The lowest BCUT2D eigenvalue weighted by Gasteiger charge is -2.41. The molecule has 4 aromatic rings. The third-order valence-corrected chi connectivity index (χ3v) is 12.9. The number of hydrogen-bond donors (Lipinski definition) is 6. The molecular formula is C45H54N10O4. The molecule has 3 aliphatic heterocycles. The molecule has 14 nitrogen and oxygen atoms in total. The normalized spacial score (nSPS) is 21.6. The summed E-state index contributed by atoms with van der Waals surface area (Å²) in [6.07, 6.45) is 13.3. The van der Waals surface area contributed by atoms with Crippen LogP contribution >= 0.6 is 0 Å². The Bertz CT molecular complexity index is 2160. The summed E-state index contributed by atoms with van der Waals surface area (Å²) in [4.78, 5) is 65.7. The van der Waals surface area contributed by atoms with Gasteiger partial charge in [0.25, 0.3) is 23.6 Å². The van der Waals surface area contributed by atoms with Gasteiger partial charge in [0.15, 0.2) is 0 Å². The summed E-state index contributed by atoms with van der Waals surface area (Å²) in [6, 6.07) is 19.6. The minimum Gasteiger partial charge on any atom is -0.397 e. The number of nitrogens with one attached hydrogen (secondary N) is 4. The van der Waals surface area contributed by atoms with E-state index in [0.717, 1.165) is 83.1 Å². The number of pyridine rings is 2. The van der Waals surface area contributed by atoms with Crippen molar-refractivity contribution in [1.29, 1.82) is 0 Å². The predicted molar refractivity (Wildman–Crippen MR) is 228 cm³/mol. The van der Waals surface area contributed by atoms with Crippen LogP contribution in [0.4, 0.5) is 22.7 Å². The number of piperidine rings is 1. The third kappa shape index (κ3) is 8.93. The molecule has 8 rings (SSSR count). The molecule has 59 heavy (non-hydrogen) atoms. The van der Waals surface area contributed by atoms with E-state index in [2.05, 4.69) is 47.1 Å². The zero-order valence-electron chi connectivity index (χ0n) is 33.4. The minimum absolute atomic E-state index is 0.0104. The van der Waals surface area contributed by atoms with Gasteiger partial charge in [-0.05, 0) is 138 Å². The summed E-state index contributed by atoms with van der Waals surface area (Å²) < 4.78 is 0. The number of nitrogens with two attached hydrogens (primary N) is 2. The number of likely N-dealkylation sites (tertiary alicyclic amines) is 1. The smallest absolute Gasteiger partial charge is 0.274 e. The number of carbonyl (C=O) groups excluding carboxylic acids is 4. The number of amides is 4. The van der Waals surface area contributed by atoms with Crippen molar-refractivity contribution in [2.75, 3.05) is 54.8 Å². The van der Waals surface area contributed by atoms with Crippen LogP contribution in [0.2, 0.25) is 0 Å². The van der Waals surface area contributed by atoms with E-state index in [-0.39, 0.29) is 46.6 Å². The molecular weight excluding hydrogens is 745 g/mol. The maximum atomic E-state index is 13.3. The predicted octanol–water partition coefficient (Wildman–Crippen LogP) is 5.42. The minimum atomic E-state index is -0.401. The van der Waals surface area contributed by atoms with E-state index in [4.69, 9.17) is 11.5 Å². The Hall–Kier alpha value is -5.86. The number of nitrogen functional groups attached to an aromatic ring is 2. The standard InChI is InChI=1S/C45H54N10O4/c46-35-9-1-2-10-36(35)52-43(58)38-19-15-31(26-49-38)42(57)51-32-7-4-22-54(27-32)33-16-12-29(13-17-33)34-8-3-11-37(40(34)47)53-44(59)39-18-14-30(25-48-39)41(56)50-28-45-20-5-23-55(45)24-6-21-45/h1-3,8-11,14-15,18-19,25-26,29,32-33H,4-7,12-13,16-17,20-24,27-28,46-47H2,(H,50,56)(H,51,57)(H,52,58)(H,53,59). The van der Waals surface area contributed by atoms with Crippen LogP contribution in [-0.2, 0) is 0 Å². The van der Waals surface area contributed by atoms with Crippen LogP contribution in [0.1, 0.15) is 117 Å². The summed E-state index contributed by atoms with van der Waals surface area (Å²) in [6.45, 7) is 4.61. The molecule has 4 aliphatic rings. The van der Waals surface area contributed by atoms with Gasteiger partial charge in [0.2, 0.25) is 0 Å². The van der Waals surface area contributed by atoms with E-state index in [1.165, 1.54) is 25.2 Å². The van der Waals surface area contributed by atoms with Crippen molar-refractivity contribution in [3.63, 3.8) is 0 Å². The fourth-order valence-electron chi connectivity index (χ4n) is 9.69. The number of hydrogen-bond acceptors (Lipinski definition) is 10. The highest BCUT2D eigenvalue weighted by Crippen LogP contribution is 2.40. The Morgan fingerprint density at radius 3 is 1.98 bits per heavy atom. The second-order valence-corrected chi connectivity index (χ2v) is 16.6. The number of para-hydroxylation sites is 3. The van der Waals surface area contributed by atoms with Crippen molar-refractivity contribution in [3.8, 4) is 0 Å². The van der Waals surface area contributed by atoms with Crippen molar-refractivity contribution in [2.45, 2.75) is 87.7 Å². The summed E-state index contributed by atoms with van der Waals surface area (Å²) in [7, 11) is 0. The lowest BCUT2D eigenvalue weighted by Crippen LogP contribution is -2.51. The average molecular weight is 799 g/mol. The van der Waals surface area contributed by atoms with Crippen LogP contribution < -0.4 is 32.7 Å². The van der Waals surface area contributed by atoms with Gasteiger partial charge in [-0.15, -0.1) is 0 Å².